The van der Waals surface area contributed by atoms with Crippen molar-refractivity contribution in [2.45, 2.75) is 26.8 Å². The van der Waals surface area contributed by atoms with Crippen LogP contribution in [-0.2, 0) is 0 Å². The second-order valence-corrected chi connectivity index (χ2v) is 6.36. The molecule has 1 unspecified atom stereocenters. The molecule has 6 nitrogen and oxygen atoms in total. The second kappa shape index (κ2) is 5.87. The molecular weight excluding hydrogens is 284 g/mol. The first-order valence-electron chi connectivity index (χ1n) is 7.00. The van der Waals surface area contributed by atoms with E-state index < -0.39 is 0 Å². The third-order valence-electron chi connectivity index (χ3n) is 3.27. The van der Waals surface area contributed by atoms with Gasteiger partial charge in [0, 0.05) is 0 Å². The third-order valence-corrected chi connectivity index (χ3v) is 4.06. The maximum Gasteiger partial charge on any atom is 0.173 e. The molecule has 0 aliphatic carbocycles. The number of hydrogen-bond donors (Lipinski definition) is 1. The van der Waals surface area contributed by atoms with Crippen molar-refractivity contribution in [3.8, 4) is 5.69 Å². The van der Waals surface area contributed by atoms with Gasteiger partial charge in [0.15, 0.2) is 5.82 Å². The minimum absolute atomic E-state index is 0.0968. The maximum atomic E-state index is 4.29. The number of benzene rings is 1. The molecule has 0 fully saturated rings. The average Bonchev–Trinajstić information content (AvgIpc) is 3.12. The highest BCUT2D eigenvalue weighted by atomic mass is 32.1. The van der Waals surface area contributed by atoms with Crippen LogP contribution in [-0.4, -0.2) is 31.7 Å². The summed E-state index contributed by atoms with van der Waals surface area (Å²) < 4.78 is 2.92. The smallest absolute Gasteiger partial charge is 0.173 e. The van der Waals surface area contributed by atoms with Gasteiger partial charge in [-0.25, -0.2) is 4.98 Å². The molecule has 1 aromatic carbocycles. The molecule has 21 heavy (non-hydrogen) atoms. The third kappa shape index (κ3) is 2.93. The zero-order chi connectivity index (χ0) is 14.8. The molecule has 7 heteroatoms. The summed E-state index contributed by atoms with van der Waals surface area (Å²) in [4.78, 5) is 4.29. The fraction of sp³-hybridized carbons (Fsp3) is 0.429. The summed E-state index contributed by atoms with van der Waals surface area (Å²) in [6.45, 7) is 7.37. The Morgan fingerprint density at radius 3 is 2.95 bits per heavy atom. The summed E-state index contributed by atoms with van der Waals surface area (Å²) in [5.41, 5.74) is 3.82. The highest BCUT2D eigenvalue weighted by Gasteiger charge is 2.16. The monoisotopic (exact) mass is 302 g/mol. The Bertz CT molecular complexity index is 732. The SMILES string of the molecule is CC(C)CNC(C)c1nnnn1-c1ccc2ncsc2c1. The van der Waals surface area contributed by atoms with Crippen molar-refractivity contribution in [3.05, 3.63) is 29.5 Å². The van der Waals surface area contributed by atoms with E-state index in [0.29, 0.717) is 5.92 Å². The lowest BCUT2D eigenvalue weighted by Crippen LogP contribution is -2.25. The Hall–Kier alpha value is -1.86. The van der Waals surface area contributed by atoms with Crippen molar-refractivity contribution in [1.29, 1.82) is 0 Å². The lowest BCUT2D eigenvalue weighted by molar-refractivity contribution is 0.475. The highest BCUT2D eigenvalue weighted by Crippen LogP contribution is 2.22. The van der Waals surface area contributed by atoms with Gasteiger partial charge in [0.25, 0.3) is 0 Å². The number of aromatic nitrogens is 5. The quantitative estimate of drug-likeness (QED) is 0.784. The molecule has 3 rings (SSSR count). The van der Waals surface area contributed by atoms with E-state index in [2.05, 4.69) is 52.7 Å². The zero-order valence-corrected chi connectivity index (χ0v) is 13.1. The summed E-state index contributed by atoms with van der Waals surface area (Å²) in [7, 11) is 0. The number of hydrogen-bond acceptors (Lipinski definition) is 6. The van der Waals surface area contributed by atoms with Crippen LogP contribution in [0.4, 0.5) is 0 Å². The fourth-order valence-electron chi connectivity index (χ4n) is 2.13. The normalized spacial score (nSPS) is 13.1. The number of tetrazole rings is 1. The number of rotatable bonds is 5. The molecule has 110 valence electrons. The summed E-state index contributed by atoms with van der Waals surface area (Å²) in [6, 6.07) is 6.16. The van der Waals surface area contributed by atoms with E-state index in [1.807, 2.05) is 17.6 Å². The van der Waals surface area contributed by atoms with Gasteiger partial charge in [-0.2, -0.15) is 4.68 Å². The van der Waals surface area contributed by atoms with Crippen LogP contribution < -0.4 is 5.32 Å². The number of thiazole rings is 1. The summed E-state index contributed by atoms with van der Waals surface area (Å²) in [6.07, 6.45) is 0. The van der Waals surface area contributed by atoms with Crippen molar-refractivity contribution < 1.29 is 0 Å². The minimum Gasteiger partial charge on any atom is -0.307 e. The van der Waals surface area contributed by atoms with Gasteiger partial charge in [-0.05, 0) is 48.0 Å². The summed E-state index contributed by atoms with van der Waals surface area (Å²) >= 11 is 1.62. The van der Waals surface area contributed by atoms with E-state index in [9.17, 15) is 0 Å². The van der Waals surface area contributed by atoms with Gasteiger partial charge in [-0.3, -0.25) is 0 Å². The minimum atomic E-state index is 0.0968. The van der Waals surface area contributed by atoms with Gasteiger partial charge in [-0.15, -0.1) is 16.4 Å². The van der Waals surface area contributed by atoms with Gasteiger partial charge in [0.1, 0.15) is 0 Å². The highest BCUT2D eigenvalue weighted by molar-refractivity contribution is 7.16. The predicted octanol–water partition coefficient (Wildman–Crippen LogP) is 2.58. The Morgan fingerprint density at radius 2 is 2.14 bits per heavy atom. The molecule has 0 saturated carbocycles. The molecule has 3 aromatic rings. The lowest BCUT2D eigenvalue weighted by atomic mass is 10.2. The van der Waals surface area contributed by atoms with E-state index >= 15 is 0 Å². The van der Waals surface area contributed by atoms with Gasteiger partial charge in [-0.1, -0.05) is 13.8 Å². The molecule has 2 heterocycles. The molecule has 1 atom stereocenters. The topological polar surface area (TPSA) is 68.5 Å². The van der Waals surface area contributed by atoms with E-state index in [-0.39, 0.29) is 6.04 Å². The van der Waals surface area contributed by atoms with Crippen molar-refractivity contribution in [2.75, 3.05) is 6.54 Å². The molecule has 2 aromatic heterocycles. The van der Waals surface area contributed by atoms with Gasteiger partial charge in [0.05, 0.1) is 27.5 Å². The summed E-state index contributed by atoms with van der Waals surface area (Å²) in [5, 5.41) is 15.6. The fourth-order valence-corrected chi connectivity index (χ4v) is 2.84. The van der Waals surface area contributed by atoms with Crippen molar-refractivity contribution in [3.63, 3.8) is 0 Å². The lowest BCUT2D eigenvalue weighted by Gasteiger charge is -2.15. The van der Waals surface area contributed by atoms with Gasteiger partial charge in [0.2, 0.25) is 0 Å². The predicted molar refractivity (Wildman–Crippen MR) is 83.6 cm³/mol. The standard InChI is InChI=1S/C14H18N6S/c1-9(2)7-15-10(3)14-17-18-19-20(14)11-4-5-12-13(6-11)21-8-16-12/h4-6,8-10,15H,7H2,1-3H3. The molecule has 0 amide bonds. The first-order valence-corrected chi connectivity index (χ1v) is 7.88. The largest absolute Gasteiger partial charge is 0.307 e. The molecule has 0 spiro atoms. The molecule has 0 aliphatic heterocycles. The van der Waals surface area contributed by atoms with Crippen molar-refractivity contribution in [2.24, 2.45) is 5.92 Å². The Kier molecular flexibility index (Phi) is 3.94. The molecule has 0 bridgehead atoms. The van der Waals surface area contributed by atoms with Gasteiger partial charge < -0.3 is 5.32 Å². The maximum absolute atomic E-state index is 4.29. The first kappa shape index (κ1) is 14.1. The average molecular weight is 302 g/mol. The molecule has 0 saturated heterocycles. The number of fused-ring (bicyclic) bond motifs is 1. The Morgan fingerprint density at radius 1 is 1.29 bits per heavy atom. The number of nitrogens with one attached hydrogen (secondary N) is 1. The Labute approximate surface area is 127 Å². The van der Waals surface area contributed by atoms with Gasteiger partial charge >= 0.3 is 0 Å². The van der Waals surface area contributed by atoms with Crippen molar-refractivity contribution >= 4 is 21.6 Å². The molecule has 1 N–H and O–H groups in total. The van der Waals surface area contributed by atoms with Crippen LogP contribution in [0.15, 0.2) is 23.7 Å². The van der Waals surface area contributed by atoms with Crippen molar-refractivity contribution in [1.82, 2.24) is 30.5 Å². The van der Waals surface area contributed by atoms with E-state index in [0.717, 1.165) is 28.3 Å². The van der Waals surface area contributed by atoms with Crippen LogP contribution in [0.3, 0.4) is 0 Å². The van der Waals surface area contributed by atoms with E-state index in [1.54, 1.807) is 16.0 Å². The molecule has 0 radical (unpaired) electrons. The van der Waals surface area contributed by atoms with Crippen LogP contribution in [0, 0.1) is 5.92 Å². The summed E-state index contributed by atoms with van der Waals surface area (Å²) in [5.74, 6) is 1.41. The van der Waals surface area contributed by atoms with E-state index in [1.165, 1.54) is 0 Å². The second-order valence-electron chi connectivity index (χ2n) is 5.48. The first-order chi connectivity index (χ1) is 10.1. The zero-order valence-electron chi connectivity index (χ0n) is 12.3. The molecule has 0 aliphatic rings. The van der Waals surface area contributed by atoms with Crippen LogP contribution in [0.1, 0.15) is 32.6 Å². The number of nitrogens with zero attached hydrogens (tertiary/aromatic N) is 5. The Balaban J connectivity index is 1.90. The van der Waals surface area contributed by atoms with Crippen LogP contribution in [0.2, 0.25) is 0 Å². The van der Waals surface area contributed by atoms with Crippen LogP contribution in [0.5, 0.6) is 0 Å². The van der Waals surface area contributed by atoms with Crippen LogP contribution >= 0.6 is 11.3 Å². The van der Waals surface area contributed by atoms with E-state index in [4.69, 9.17) is 0 Å². The van der Waals surface area contributed by atoms with Crippen LogP contribution in [0.25, 0.3) is 15.9 Å². The molecular formula is C14H18N6S.